The lowest BCUT2D eigenvalue weighted by Gasteiger charge is -2.37. The van der Waals surface area contributed by atoms with Gasteiger partial charge in [-0.3, -0.25) is 0 Å². The smallest absolute Gasteiger partial charge is 0.337 e. The summed E-state index contributed by atoms with van der Waals surface area (Å²) in [6.45, 7) is 4.75. The molecule has 130 valence electrons. The van der Waals surface area contributed by atoms with Gasteiger partial charge in [0.1, 0.15) is 4.90 Å². The monoisotopic (exact) mass is 382 g/mol. The van der Waals surface area contributed by atoms with Crippen LogP contribution < -0.4 is 5.32 Å². The normalized spacial score (nSPS) is 22.3. The highest BCUT2D eigenvalue weighted by Crippen LogP contribution is 2.28. The second-order valence-corrected chi connectivity index (χ2v) is 7.50. The van der Waals surface area contributed by atoms with E-state index in [1.54, 1.807) is 0 Å². The van der Waals surface area contributed by atoms with E-state index >= 15 is 0 Å². The lowest BCUT2D eigenvalue weighted by atomic mass is 10.1. The van der Waals surface area contributed by atoms with Crippen LogP contribution in [0.5, 0.6) is 0 Å². The summed E-state index contributed by atoms with van der Waals surface area (Å²) < 4.78 is 31.7. The average Bonchev–Trinajstić information content (AvgIpc) is 2.48. The molecule has 2 rings (SSSR count). The molecule has 9 heteroatoms. The molecule has 0 aliphatic carbocycles. The summed E-state index contributed by atoms with van der Waals surface area (Å²) in [6, 6.07) is 3.94. The summed E-state index contributed by atoms with van der Waals surface area (Å²) >= 11 is 6.09. The predicted molar refractivity (Wildman–Crippen MR) is 90.9 cm³/mol. The van der Waals surface area contributed by atoms with E-state index in [-0.39, 0.29) is 40.0 Å². The van der Waals surface area contributed by atoms with Crippen molar-refractivity contribution in [3.63, 3.8) is 0 Å². The molecule has 1 fully saturated rings. The van der Waals surface area contributed by atoms with Crippen LogP contribution >= 0.6 is 24.0 Å². The molecule has 2 atom stereocenters. The van der Waals surface area contributed by atoms with Gasteiger partial charge in [-0.15, -0.1) is 12.4 Å². The van der Waals surface area contributed by atoms with Gasteiger partial charge in [-0.05, 0) is 32.0 Å². The molecule has 1 N–H and O–H groups in total. The standard InChI is InChI=1S/C14H19ClN2O4S.ClH/c1-9-10(2)17(7-6-16-9)22(19,20)13-5-4-11(8-12(13)15)14(18)21-3;/h4-5,8-10,16H,6-7H2,1-3H3;1H. The summed E-state index contributed by atoms with van der Waals surface area (Å²) in [5.41, 5.74) is 0.216. The second-order valence-electron chi connectivity index (χ2n) is 5.24. The first-order chi connectivity index (χ1) is 10.3. The van der Waals surface area contributed by atoms with Crippen LogP contribution in [0.3, 0.4) is 0 Å². The number of halogens is 2. The molecular weight excluding hydrogens is 363 g/mol. The number of hydrogen-bond acceptors (Lipinski definition) is 5. The van der Waals surface area contributed by atoms with Crippen LogP contribution in [0.2, 0.25) is 5.02 Å². The first-order valence-corrected chi connectivity index (χ1v) is 8.74. The van der Waals surface area contributed by atoms with E-state index in [0.717, 1.165) is 0 Å². The molecule has 1 aromatic rings. The zero-order valence-corrected chi connectivity index (χ0v) is 15.5. The summed E-state index contributed by atoms with van der Waals surface area (Å²) in [7, 11) is -2.46. The Hall–Kier alpha value is -0.860. The number of carbonyl (C=O) groups excluding carboxylic acids is 1. The van der Waals surface area contributed by atoms with Gasteiger partial charge in [0, 0.05) is 25.2 Å². The molecular formula is C14H20Cl2N2O4S. The Labute approximate surface area is 147 Å². The lowest BCUT2D eigenvalue weighted by molar-refractivity contribution is 0.0600. The molecule has 23 heavy (non-hydrogen) atoms. The van der Waals surface area contributed by atoms with Crippen molar-refractivity contribution in [2.75, 3.05) is 20.2 Å². The van der Waals surface area contributed by atoms with Gasteiger partial charge < -0.3 is 10.1 Å². The third-order valence-electron chi connectivity index (χ3n) is 3.92. The fourth-order valence-electron chi connectivity index (χ4n) is 2.45. The molecule has 2 unspecified atom stereocenters. The Balaban J connectivity index is 0.00000264. The number of benzene rings is 1. The summed E-state index contributed by atoms with van der Waals surface area (Å²) in [4.78, 5) is 11.5. The predicted octanol–water partition coefficient (Wildman–Crippen LogP) is 1.92. The van der Waals surface area contributed by atoms with Crippen LogP contribution in [0, 0.1) is 0 Å². The van der Waals surface area contributed by atoms with Crippen LogP contribution in [0.1, 0.15) is 24.2 Å². The summed E-state index contributed by atoms with van der Waals surface area (Å²) in [5, 5.41) is 3.25. The summed E-state index contributed by atoms with van der Waals surface area (Å²) in [6.07, 6.45) is 0. The Morgan fingerprint density at radius 2 is 2.04 bits per heavy atom. The molecule has 0 radical (unpaired) electrons. The topological polar surface area (TPSA) is 75.7 Å². The van der Waals surface area contributed by atoms with Crippen LogP contribution in [0.15, 0.2) is 23.1 Å². The molecule has 1 aliphatic rings. The minimum absolute atomic E-state index is 0. The van der Waals surface area contributed by atoms with E-state index in [0.29, 0.717) is 13.1 Å². The number of methoxy groups -OCH3 is 1. The molecule has 0 spiro atoms. The Bertz CT molecular complexity index is 681. The van der Waals surface area contributed by atoms with Crippen LogP contribution in [0.25, 0.3) is 0 Å². The van der Waals surface area contributed by atoms with Gasteiger partial charge in [0.2, 0.25) is 10.0 Å². The number of carbonyl (C=O) groups is 1. The van der Waals surface area contributed by atoms with Gasteiger partial charge in [0.15, 0.2) is 0 Å². The van der Waals surface area contributed by atoms with Crippen molar-refractivity contribution in [3.05, 3.63) is 28.8 Å². The molecule has 0 aromatic heterocycles. The molecule has 0 saturated carbocycles. The van der Waals surface area contributed by atoms with E-state index in [1.165, 1.54) is 29.6 Å². The van der Waals surface area contributed by atoms with Crippen molar-refractivity contribution in [2.24, 2.45) is 0 Å². The van der Waals surface area contributed by atoms with Gasteiger partial charge in [0.25, 0.3) is 0 Å². The molecule has 1 heterocycles. The SMILES string of the molecule is COC(=O)c1ccc(S(=O)(=O)N2CCNC(C)C2C)c(Cl)c1.Cl. The number of ether oxygens (including phenoxy) is 1. The zero-order chi connectivity index (χ0) is 16.5. The van der Waals surface area contributed by atoms with Crippen LogP contribution in [-0.4, -0.2) is 51.0 Å². The van der Waals surface area contributed by atoms with E-state index in [1.807, 2.05) is 13.8 Å². The molecule has 0 bridgehead atoms. The largest absolute Gasteiger partial charge is 0.465 e. The van der Waals surface area contributed by atoms with Crippen LogP contribution in [-0.2, 0) is 14.8 Å². The molecule has 1 aliphatic heterocycles. The Kier molecular flexibility index (Phi) is 6.85. The summed E-state index contributed by atoms with van der Waals surface area (Å²) in [5.74, 6) is -0.560. The van der Waals surface area contributed by atoms with Crippen LogP contribution in [0.4, 0.5) is 0 Å². The van der Waals surface area contributed by atoms with Gasteiger partial charge >= 0.3 is 5.97 Å². The zero-order valence-electron chi connectivity index (χ0n) is 13.1. The average molecular weight is 383 g/mol. The Morgan fingerprint density at radius 3 is 2.61 bits per heavy atom. The van der Waals surface area contributed by atoms with E-state index < -0.39 is 16.0 Å². The van der Waals surface area contributed by atoms with Crippen molar-refractivity contribution < 1.29 is 17.9 Å². The third kappa shape index (κ3) is 3.97. The first kappa shape index (κ1) is 20.2. The number of nitrogens with zero attached hydrogens (tertiary/aromatic N) is 1. The maximum Gasteiger partial charge on any atom is 0.337 e. The lowest BCUT2D eigenvalue weighted by Crippen LogP contribution is -2.57. The number of nitrogens with one attached hydrogen (secondary N) is 1. The van der Waals surface area contributed by atoms with Crippen molar-refractivity contribution in [2.45, 2.75) is 30.8 Å². The minimum Gasteiger partial charge on any atom is -0.465 e. The number of piperazine rings is 1. The number of hydrogen-bond donors (Lipinski definition) is 1. The highest BCUT2D eigenvalue weighted by Gasteiger charge is 2.35. The molecule has 6 nitrogen and oxygen atoms in total. The second kappa shape index (κ2) is 7.81. The quantitative estimate of drug-likeness (QED) is 0.808. The van der Waals surface area contributed by atoms with Gasteiger partial charge in [-0.2, -0.15) is 4.31 Å². The highest BCUT2D eigenvalue weighted by atomic mass is 35.5. The van der Waals surface area contributed by atoms with E-state index in [2.05, 4.69) is 10.1 Å². The van der Waals surface area contributed by atoms with Gasteiger partial charge in [-0.25, -0.2) is 13.2 Å². The van der Waals surface area contributed by atoms with E-state index in [4.69, 9.17) is 11.6 Å². The number of rotatable bonds is 3. The fourth-order valence-corrected chi connectivity index (χ4v) is 4.67. The first-order valence-electron chi connectivity index (χ1n) is 6.92. The molecule has 1 aromatic carbocycles. The third-order valence-corrected chi connectivity index (χ3v) is 6.39. The maximum atomic E-state index is 12.8. The molecule has 1 saturated heterocycles. The number of sulfonamides is 1. The highest BCUT2D eigenvalue weighted by molar-refractivity contribution is 7.89. The fraction of sp³-hybridized carbons (Fsp3) is 0.500. The van der Waals surface area contributed by atoms with Gasteiger partial charge in [0.05, 0.1) is 17.7 Å². The van der Waals surface area contributed by atoms with Crippen molar-refractivity contribution >= 4 is 40.0 Å². The minimum atomic E-state index is -3.71. The van der Waals surface area contributed by atoms with Gasteiger partial charge in [-0.1, -0.05) is 11.6 Å². The van der Waals surface area contributed by atoms with Crippen molar-refractivity contribution in [3.8, 4) is 0 Å². The Morgan fingerprint density at radius 1 is 1.39 bits per heavy atom. The number of esters is 1. The van der Waals surface area contributed by atoms with E-state index in [9.17, 15) is 13.2 Å². The van der Waals surface area contributed by atoms with Crippen molar-refractivity contribution in [1.82, 2.24) is 9.62 Å². The maximum absolute atomic E-state index is 12.8. The van der Waals surface area contributed by atoms with Crippen molar-refractivity contribution in [1.29, 1.82) is 0 Å². The molecule has 0 amide bonds.